The zero-order valence-corrected chi connectivity index (χ0v) is 13.8. The fourth-order valence-electron chi connectivity index (χ4n) is 2.48. The minimum Gasteiger partial charge on any atom is -0.338 e. The monoisotopic (exact) mass is 392 g/mol. The van der Waals surface area contributed by atoms with E-state index in [-0.39, 0.29) is 11.9 Å². The van der Waals surface area contributed by atoms with Crippen LogP contribution in [0.5, 0.6) is 0 Å². The maximum Gasteiger partial charge on any atom is 0.253 e. The highest BCUT2D eigenvalue weighted by molar-refractivity contribution is 14.1. The van der Waals surface area contributed by atoms with Gasteiger partial charge in [-0.05, 0) is 53.1 Å². The molecule has 2 unspecified atom stereocenters. The van der Waals surface area contributed by atoms with E-state index >= 15 is 0 Å². The highest BCUT2D eigenvalue weighted by Crippen LogP contribution is 2.23. The zero-order chi connectivity index (χ0) is 14.0. The minimum atomic E-state index is 0.0589. The van der Waals surface area contributed by atoms with Crippen LogP contribution >= 0.6 is 34.2 Å². The van der Waals surface area contributed by atoms with Crippen molar-refractivity contribution in [1.82, 2.24) is 4.90 Å². The molecule has 2 N–H and O–H groups in total. The summed E-state index contributed by atoms with van der Waals surface area (Å²) in [5.41, 5.74) is 6.74. The zero-order valence-electron chi connectivity index (χ0n) is 10.9. The van der Waals surface area contributed by atoms with Gasteiger partial charge in [-0.2, -0.15) is 0 Å². The molecular formula is C14H18ClIN2O. The van der Waals surface area contributed by atoms with Crippen molar-refractivity contribution >= 4 is 40.1 Å². The van der Waals surface area contributed by atoms with Crippen LogP contribution in [-0.2, 0) is 0 Å². The summed E-state index contributed by atoms with van der Waals surface area (Å²) in [4.78, 5) is 14.4. The van der Waals surface area contributed by atoms with Crippen LogP contribution in [0, 0.1) is 9.49 Å². The molecule has 3 nitrogen and oxygen atoms in total. The van der Waals surface area contributed by atoms with Gasteiger partial charge < -0.3 is 10.6 Å². The second kappa shape index (κ2) is 6.41. The molecule has 0 spiro atoms. The highest BCUT2D eigenvalue weighted by atomic mass is 127. The Bertz CT molecular complexity index is 481. The maximum absolute atomic E-state index is 12.5. The SMILES string of the molecule is CCC1CN(C(=O)c2ccc(I)c(Cl)c2)CCC1N. The predicted octanol–water partition coefficient (Wildman–Crippen LogP) is 3.14. The summed E-state index contributed by atoms with van der Waals surface area (Å²) in [7, 11) is 0. The lowest BCUT2D eigenvalue weighted by molar-refractivity contribution is 0.0649. The molecule has 0 aliphatic carbocycles. The average Bonchev–Trinajstić information content (AvgIpc) is 2.41. The summed E-state index contributed by atoms with van der Waals surface area (Å²) >= 11 is 8.24. The van der Waals surface area contributed by atoms with Crippen LogP contribution < -0.4 is 5.73 Å². The third-order valence-electron chi connectivity index (χ3n) is 3.77. The van der Waals surface area contributed by atoms with Crippen molar-refractivity contribution in [1.29, 1.82) is 0 Å². The molecule has 1 heterocycles. The van der Waals surface area contributed by atoms with Crippen molar-refractivity contribution in [2.45, 2.75) is 25.8 Å². The van der Waals surface area contributed by atoms with Gasteiger partial charge in [0.1, 0.15) is 0 Å². The minimum absolute atomic E-state index is 0.0589. The number of amides is 1. The van der Waals surface area contributed by atoms with Crippen LogP contribution in [-0.4, -0.2) is 29.9 Å². The lowest BCUT2D eigenvalue weighted by Gasteiger charge is -2.36. The van der Waals surface area contributed by atoms with E-state index in [0.29, 0.717) is 16.5 Å². The molecule has 2 atom stereocenters. The lowest BCUT2D eigenvalue weighted by atomic mass is 9.90. The van der Waals surface area contributed by atoms with E-state index in [2.05, 4.69) is 29.5 Å². The lowest BCUT2D eigenvalue weighted by Crippen LogP contribution is -2.49. The standard InChI is InChI=1S/C14H18ClIN2O/c1-2-9-8-18(6-5-13(9)17)14(19)10-3-4-12(16)11(15)7-10/h3-4,7,9,13H,2,5-6,8,17H2,1H3. The van der Waals surface area contributed by atoms with E-state index in [1.807, 2.05) is 17.0 Å². The van der Waals surface area contributed by atoms with Crippen LogP contribution in [0.15, 0.2) is 18.2 Å². The second-order valence-corrected chi connectivity index (χ2v) is 6.57. The number of hydrogen-bond acceptors (Lipinski definition) is 2. The number of piperidine rings is 1. The molecule has 2 rings (SSSR count). The number of hydrogen-bond donors (Lipinski definition) is 1. The summed E-state index contributed by atoms with van der Waals surface area (Å²) in [6.45, 7) is 3.61. The first-order valence-electron chi connectivity index (χ1n) is 6.52. The van der Waals surface area contributed by atoms with Crippen molar-refractivity contribution < 1.29 is 4.79 Å². The first-order valence-corrected chi connectivity index (χ1v) is 7.98. The van der Waals surface area contributed by atoms with E-state index < -0.39 is 0 Å². The molecule has 19 heavy (non-hydrogen) atoms. The number of nitrogens with zero attached hydrogens (tertiary/aromatic N) is 1. The van der Waals surface area contributed by atoms with Gasteiger partial charge in [0.05, 0.1) is 5.02 Å². The number of halogens is 2. The van der Waals surface area contributed by atoms with Crippen molar-refractivity contribution in [3.63, 3.8) is 0 Å². The van der Waals surface area contributed by atoms with Gasteiger partial charge in [0, 0.05) is 28.3 Å². The molecular weight excluding hydrogens is 375 g/mol. The highest BCUT2D eigenvalue weighted by Gasteiger charge is 2.28. The fourth-order valence-corrected chi connectivity index (χ4v) is 2.99. The predicted molar refractivity (Wildman–Crippen MR) is 86.4 cm³/mol. The van der Waals surface area contributed by atoms with Gasteiger partial charge in [0.2, 0.25) is 0 Å². The molecule has 1 aliphatic rings. The molecule has 5 heteroatoms. The number of carbonyl (C=O) groups is 1. The number of carbonyl (C=O) groups excluding carboxylic acids is 1. The Morgan fingerprint density at radius 3 is 2.95 bits per heavy atom. The first-order chi connectivity index (χ1) is 9.02. The molecule has 0 radical (unpaired) electrons. The van der Waals surface area contributed by atoms with Crippen molar-refractivity contribution in [2.75, 3.05) is 13.1 Å². The van der Waals surface area contributed by atoms with E-state index in [4.69, 9.17) is 17.3 Å². The normalized spacial score (nSPS) is 23.5. The van der Waals surface area contributed by atoms with Gasteiger partial charge in [0.25, 0.3) is 5.91 Å². The maximum atomic E-state index is 12.5. The van der Waals surface area contributed by atoms with Gasteiger partial charge in [-0.1, -0.05) is 24.9 Å². The van der Waals surface area contributed by atoms with Gasteiger partial charge in [0.15, 0.2) is 0 Å². The van der Waals surface area contributed by atoms with E-state index in [9.17, 15) is 4.79 Å². The molecule has 1 aliphatic heterocycles. The van der Waals surface area contributed by atoms with E-state index in [1.165, 1.54) is 0 Å². The molecule has 1 aromatic carbocycles. The third-order valence-corrected chi connectivity index (χ3v) is 5.34. The number of likely N-dealkylation sites (tertiary alicyclic amines) is 1. The molecule has 0 bridgehead atoms. The van der Waals surface area contributed by atoms with Gasteiger partial charge in [-0.15, -0.1) is 0 Å². The van der Waals surface area contributed by atoms with Gasteiger partial charge in [-0.3, -0.25) is 4.79 Å². The van der Waals surface area contributed by atoms with Crippen LogP contribution in [0.2, 0.25) is 5.02 Å². The Hall–Kier alpha value is -0.330. The average molecular weight is 393 g/mol. The summed E-state index contributed by atoms with van der Waals surface area (Å²) in [6.07, 6.45) is 1.89. The summed E-state index contributed by atoms with van der Waals surface area (Å²) in [6, 6.07) is 5.68. The molecule has 104 valence electrons. The Morgan fingerprint density at radius 2 is 2.32 bits per heavy atom. The van der Waals surface area contributed by atoms with Crippen molar-refractivity contribution in [3.8, 4) is 0 Å². The number of benzene rings is 1. The third kappa shape index (κ3) is 3.41. The summed E-state index contributed by atoms with van der Waals surface area (Å²) in [5, 5.41) is 0.632. The van der Waals surface area contributed by atoms with Gasteiger partial charge >= 0.3 is 0 Å². The summed E-state index contributed by atoms with van der Waals surface area (Å²) < 4.78 is 0.961. The van der Waals surface area contributed by atoms with Crippen LogP contribution in [0.1, 0.15) is 30.1 Å². The van der Waals surface area contributed by atoms with E-state index in [1.54, 1.807) is 6.07 Å². The smallest absolute Gasteiger partial charge is 0.253 e. The molecule has 1 amide bonds. The fraction of sp³-hybridized carbons (Fsp3) is 0.500. The van der Waals surface area contributed by atoms with Crippen LogP contribution in [0.3, 0.4) is 0 Å². The van der Waals surface area contributed by atoms with Crippen LogP contribution in [0.25, 0.3) is 0 Å². The van der Waals surface area contributed by atoms with Crippen molar-refractivity contribution in [3.05, 3.63) is 32.4 Å². The molecule has 0 saturated carbocycles. The Balaban J connectivity index is 2.13. The Labute approximate surface area is 132 Å². The quantitative estimate of drug-likeness (QED) is 0.786. The summed E-state index contributed by atoms with van der Waals surface area (Å²) in [5.74, 6) is 0.459. The molecule has 1 fully saturated rings. The topological polar surface area (TPSA) is 46.3 Å². The second-order valence-electron chi connectivity index (χ2n) is 5.00. The van der Waals surface area contributed by atoms with Gasteiger partial charge in [-0.25, -0.2) is 0 Å². The number of rotatable bonds is 2. The Kier molecular flexibility index (Phi) is 5.09. The molecule has 0 aromatic heterocycles. The Morgan fingerprint density at radius 1 is 1.58 bits per heavy atom. The molecule has 1 aromatic rings. The van der Waals surface area contributed by atoms with Crippen molar-refractivity contribution in [2.24, 2.45) is 11.7 Å². The first kappa shape index (κ1) is 15.1. The largest absolute Gasteiger partial charge is 0.338 e. The van der Waals surface area contributed by atoms with Crippen LogP contribution in [0.4, 0.5) is 0 Å². The van der Waals surface area contributed by atoms with E-state index in [0.717, 1.165) is 29.5 Å². The molecule has 1 saturated heterocycles. The number of nitrogens with two attached hydrogens (primary N) is 1.